The van der Waals surface area contributed by atoms with Gasteiger partial charge in [-0.1, -0.05) is 19.1 Å². The van der Waals surface area contributed by atoms with Crippen molar-refractivity contribution in [2.45, 2.75) is 48.2 Å². The molecule has 2 aromatic rings. The van der Waals surface area contributed by atoms with Gasteiger partial charge in [0, 0.05) is 35.8 Å². The SMILES string of the molecule is Cc1oc(C(=O)N2CC[C@H](C)Sc3ccccc32)cc1S(=O)(=O)N1CCCC1. The molecule has 3 heterocycles. The van der Waals surface area contributed by atoms with Crippen LogP contribution in [0.3, 0.4) is 0 Å². The first kappa shape index (κ1) is 19.5. The predicted octanol–water partition coefficient (Wildman–Crippen LogP) is 3.90. The molecule has 1 aromatic carbocycles. The molecule has 0 N–H and O–H groups in total. The Morgan fingerprint density at radius 2 is 1.89 bits per heavy atom. The summed E-state index contributed by atoms with van der Waals surface area (Å²) >= 11 is 1.75. The number of sulfonamides is 1. The molecule has 0 bridgehead atoms. The van der Waals surface area contributed by atoms with E-state index in [1.54, 1.807) is 23.6 Å². The largest absolute Gasteiger partial charge is 0.455 e. The van der Waals surface area contributed by atoms with Crippen molar-refractivity contribution in [2.75, 3.05) is 24.5 Å². The number of furan rings is 1. The van der Waals surface area contributed by atoms with Crippen molar-refractivity contribution in [1.82, 2.24) is 4.31 Å². The average Bonchev–Trinajstić information content (AvgIpc) is 3.30. The van der Waals surface area contributed by atoms with Gasteiger partial charge in [0.1, 0.15) is 10.7 Å². The number of hydrogen-bond acceptors (Lipinski definition) is 5. The highest BCUT2D eigenvalue weighted by Gasteiger charge is 2.33. The highest BCUT2D eigenvalue weighted by Crippen LogP contribution is 2.38. The van der Waals surface area contributed by atoms with E-state index >= 15 is 0 Å². The molecule has 1 aromatic heterocycles. The standard InChI is InChI=1S/C20H24N2O4S2/c1-14-9-12-22(16-7-3-4-8-18(16)27-14)20(23)17-13-19(15(2)26-17)28(24,25)21-10-5-6-11-21/h3-4,7-8,13-14H,5-6,9-12H2,1-2H3/t14-/m0/s1. The molecule has 8 heteroatoms. The molecule has 1 saturated heterocycles. The van der Waals surface area contributed by atoms with Crippen molar-refractivity contribution in [3.8, 4) is 0 Å². The Hall–Kier alpha value is -1.77. The maximum absolute atomic E-state index is 13.3. The molecule has 0 unspecified atom stereocenters. The zero-order chi connectivity index (χ0) is 19.9. The average molecular weight is 421 g/mol. The summed E-state index contributed by atoms with van der Waals surface area (Å²) in [6, 6.07) is 9.21. The highest BCUT2D eigenvalue weighted by atomic mass is 32.2. The Morgan fingerprint density at radius 3 is 2.64 bits per heavy atom. The quantitative estimate of drug-likeness (QED) is 0.753. The van der Waals surface area contributed by atoms with E-state index in [1.807, 2.05) is 24.3 Å². The molecule has 0 aliphatic carbocycles. The Balaban J connectivity index is 1.68. The predicted molar refractivity (Wildman–Crippen MR) is 109 cm³/mol. The Morgan fingerprint density at radius 1 is 1.18 bits per heavy atom. The van der Waals surface area contributed by atoms with Crippen LogP contribution in [0.4, 0.5) is 5.69 Å². The van der Waals surface area contributed by atoms with Crippen LogP contribution in [-0.4, -0.2) is 43.5 Å². The first-order valence-corrected chi connectivity index (χ1v) is 11.9. The normalized spacial score (nSPS) is 20.8. The molecule has 0 radical (unpaired) electrons. The fraction of sp³-hybridized carbons (Fsp3) is 0.450. The van der Waals surface area contributed by atoms with E-state index in [0.717, 1.165) is 29.8 Å². The zero-order valence-electron chi connectivity index (χ0n) is 16.1. The van der Waals surface area contributed by atoms with Crippen LogP contribution in [0.15, 0.2) is 44.5 Å². The zero-order valence-corrected chi connectivity index (χ0v) is 17.7. The summed E-state index contributed by atoms with van der Waals surface area (Å²) < 4.78 is 32.9. The third-order valence-corrected chi connectivity index (χ3v) is 8.50. The number of carbonyl (C=O) groups is 1. The molecule has 0 spiro atoms. The van der Waals surface area contributed by atoms with Crippen LogP contribution in [0.2, 0.25) is 0 Å². The van der Waals surface area contributed by atoms with E-state index in [-0.39, 0.29) is 22.3 Å². The number of anilines is 1. The Kier molecular flexibility index (Phi) is 5.28. The number of aryl methyl sites for hydroxylation is 1. The first-order valence-electron chi connectivity index (χ1n) is 9.56. The fourth-order valence-electron chi connectivity index (χ4n) is 3.73. The molecule has 1 atom stereocenters. The van der Waals surface area contributed by atoms with Crippen molar-refractivity contribution in [3.05, 3.63) is 41.9 Å². The summed E-state index contributed by atoms with van der Waals surface area (Å²) in [5.41, 5.74) is 0.847. The molecule has 150 valence electrons. The first-order chi connectivity index (χ1) is 13.4. The summed E-state index contributed by atoms with van der Waals surface area (Å²) in [5, 5.41) is 0.392. The van der Waals surface area contributed by atoms with E-state index in [0.29, 0.717) is 24.9 Å². The van der Waals surface area contributed by atoms with E-state index < -0.39 is 10.0 Å². The van der Waals surface area contributed by atoms with Crippen molar-refractivity contribution >= 4 is 33.4 Å². The van der Waals surface area contributed by atoms with E-state index in [9.17, 15) is 13.2 Å². The van der Waals surface area contributed by atoms with Crippen LogP contribution in [0.1, 0.15) is 42.5 Å². The van der Waals surface area contributed by atoms with Gasteiger partial charge in [0.25, 0.3) is 5.91 Å². The molecule has 0 saturated carbocycles. The van der Waals surface area contributed by atoms with Gasteiger partial charge in [-0.2, -0.15) is 4.31 Å². The molecular formula is C20H24N2O4S2. The lowest BCUT2D eigenvalue weighted by molar-refractivity contribution is 0.0958. The van der Waals surface area contributed by atoms with Crippen LogP contribution in [-0.2, 0) is 10.0 Å². The van der Waals surface area contributed by atoms with Gasteiger partial charge in [0.2, 0.25) is 10.0 Å². The molecular weight excluding hydrogens is 396 g/mol. The van der Waals surface area contributed by atoms with Gasteiger partial charge in [-0.05, 0) is 38.3 Å². The maximum Gasteiger partial charge on any atom is 0.294 e. The van der Waals surface area contributed by atoms with Gasteiger partial charge >= 0.3 is 0 Å². The minimum Gasteiger partial charge on any atom is -0.455 e. The third kappa shape index (κ3) is 3.49. The summed E-state index contributed by atoms with van der Waals surface area (Å²) in [5.74, 6) is 0.0406. The lowest BCUT2D eigenvalue weighted by Crippen LogP contribution is -2.32. The van der Waals surface area contributed by atoms with Gasteiger partial charge < -0.3 is 9.32 Å². The van der Waals surface area contributed by atoms with Crippen LogP contribution in [0.5, 0.6) is 0 Å². The monoisotopic (exact) mass is 420 g/mol. The van der Waals surface area contributed by atoms with Crippen molar-refractivity contribution < 1.29 is 17.6 Å². The van der Waals surface area contributed by atoms with Crippen molar-refractivity contribution in [3.63, 3.8) is 0 Å². The second-order valence-corrected chi connectivity index (χ2v) is 10.7. The van der Waals surface area contributed by atoms with Gasteiger partial charge in [-0.15, -0.1) is 11.8 Å². The number of carbonyl (C=O) groups excluding carboxylic acids is 1. The fourth-order valence-corrected chi connectivity index (χ4v) is 6.52. The maximum atomic E-state index is 13.3. The smallest absolute Gasteiger partial charge is 0.294 e. The van der Waals surface area contributed by atoms with Crippen LogP contribution >= 0.6 is 11.8 Å². The van der Waals surface area contributed by atoms with Crippen LogP contribution in [0.25, 0.3) is 0 Å². The summed E-state index contributed by atoms with van der Waals surface area (Å²) in [7, 11) is -3.62. The lowest BCUT2D eigenvalue weighted by atomic mass is 10.2. The van der Waals surface area contributed by atoms with E-state index in [2.05, 4.69) is 6.92 Å². The number of fused-ring (bicyclic) bond motifs is 1. The third-order valence-electron chi connectivity index (χ3n) is 5.25. The Labute approximate surface area is 169 Å². The number of benzene rings is 1. The van der Waals surface area contributed by atoms with Crippen molar-refractivity contribution in [1.29, 1.82) is 0 Å². The van der Waals surface area contributed by atoms with Gasteiger partial charge in [-0.25, -0.2) is 8.42 Å². The Bertz CT molecular complexity index is 993. The second-order valence-electron chi connectivity index (χ2n) is 7.28. The summed E-state index contributed by atoms with van der Waals surface area (Å²) in [6.45, 7) is 5.36. The molecule has 1 amide bonds. The topological polar surface area (TPSA) is 70.8 Å². The summed E-state index contributed by atoms with van der Waals surface area (Å²) in [6.07, 6.45) is 2.58. The number of rotatable bonds is 3. The second kappa shape index (κ2) is 7.57. The molecule has 28 heavy (non-hydrogen) atoms. The lowest BCUT2D eigenvalue weighted by Gasteiger charge is -2.21. The van der Waals surface area contributed by atoms with E-state index in [4.69, 9.17) is 4.42 Å². The van der Waals surface area contributed by atoms with Crippen molar-refractivity contribution in [2.24, 2.45) is 0 Å². The highest BCUT2D eigenvalue weighted by molar-refractivity contribution is 8.00. The molecule has 2 aliphatic heterocycles. The minimum atomic E-state index is -3.62. The summed E-state index contributed by atoms with van der Waals surface area (Å²) in [4.78, 5) is 16.1. The van der Waals surface area contributed by atoms with Crippen LogP contribution < -0.4 is 4.90 Å². The number of amides is 1. The van der Waals surface area contributed by atoms with Gasteiger partial charge in [0.05, 0.1) is 5.69 Å². The molecule has 2 aliphatic rings. The molecule has 4 rings (SSSR count). The number of thioether (sulfide) groups is 1. The molecule has 1 fully saturated rings. The van der Waals surface area contributed by atoms with E-state index in [1.165, 1.54) is 10.4 Å². The number of hydrogen-bond donors (Lipinski definition) is 0. The number of para-hydroxylation sites is 1. The number of nitrogens with zero attached hydrogens (tertiary/aromatic N) is 2. The van der Waals surface area contributed by atoms with Gasteiger partial charge in [-0.3, -0.25) is 4.79 Å². The molecule has 6 nitrogen and oxygen atoms in total. The van der Waals surface area contributed by atoms with Gasteiger partial charge in [0.15, 0.2) is 5.76 Å². The van der Waals surface area contributed by atoms with Crippen LogP contribution in [0, 0.1) is 6.92 Å². The minimum absolute atomic E-state index is 0.0737.